The monoisotopic (exact) mass is 233 g/mol. The molecule has 1 nitrogen and oxygen atoms in total. The summed E-state index contributed by atoms with van der Waals surface area (Å²) >= 11 is 5.80. The lowest BCUT2D eigenvalue weighted by molar-refractivity contribution is 0.398. The Balaban J connectivity index is 3.51. The predicted molar refractivity (Wildman–Crippen MR) is 70.7 cm³/mol. The summed E-state index contributed by atoms with van der Waals surface area (Å²) in [5, 5.41) is 3.58. The molecule has 0 aliphatic heterocycles. The van der Waals surface area contributed by atoms with Crippen molar-refractivity contribution >= 4 is 11.6 Å². The zero-order chi connectivity index (χ0) is 11.5. The summed E-state index contributed by atoms with van der Waals surface area (Å²) in [6.07, 6.45) is 6.37. The Morgan fingerprint density at radius 2 is 1.67 bits per heavy atom. The van der Waals surface area contributed by atoms with Crippen LogP contribution in [0.4, 0.5) is 0 Å². The number of halogens is 1. The van der Waals surface area contributed by atoms with Gasteiger partial charge >= 0.3 is 0 Å². The second-order valence-corrected chi connectivity index (χ2v) is 5.06. The molecule has 2 heteroatoms. The fourth-order valence-electron chi connectivity index (χ4n) is 2.04. The molecular weight excluding hydrogens is 206 g/mol. The molecule has 15 heavy (non-hydrogen) atoms. The van der Waals surface area contributed by atoms with Crippen molar-refractivity contribution in [1.29, 1.82) is 0 Å². The van der Waals surface area contributed by atoms with Crippen molar-refractivity contribution in [3.05, 3.63) is 0 Å². The maximum atomic E-state index is 5.80. The van der Waals surface area contributed by atoms with Gasteiger partial charge in [-0.05, 0) is 44.2 Å². The van der Waals surface area contributed by atoms with E-state index in [0.717, 1.165) is 37.2 Å². The Morgan fingerprint density at radius 1 is 1.00 bits per heavy atom. The highest BCUT2D eigenvalue weighted by Gasteiger charge is 2.07. The van der Waals surface area contributed by atoms with E-state index in [4.69, 9.17) is 11.6 Å². The second-order valence-electron chi connectivity index (χ2n) is 4.68. The average molecular weight is 234 g/mol. The van der Waals surface area contributed by atoms with Gasteiger partial charge in [-0.15, -0.1) is 11.6 Å². The molecule has 0 amide bonds. The molecule has 0 aromatic rings. The maximum Gasteiger partial charge on any atom is 0.0226 e. The summed E-state index contributed by atoms with van der Waals surface area (Å²) in [6.45, 7) is 9.14. The van der Waals surface area contributed by atoms with Crippen LogP contribution >= 0.6 is 11.6 Å². The number of alkyl halides is 1. The van der Waals surface area contributed by atoms with Crippen molar-refractivity contribution in [2.45, 2.75) is 52.9 Å². The smallest absolute Gasteiger partial charge is 0.0226 e. The highest BCUT2D eigenvalue weighted by atomic mass is 35.5. The molecule has 0 aromatic carbocycles. The average Bonchev–Trinajstić information content (AvgIpc) is 2.19. The third-order valence-electron chi connectivity index (χ3n) is 2.92. The molecule has 0 heterocycles. The first-order valence-corrected chi connectivity index (χ1v) is 7.04. The van der Waals surface area contributed by atoms with Crippen molar-refractivity contribution in [2.75, 3.05) is 19.0 Å². The summed E-state index contributed by atoms with van der Waals surface area (Å²) in [6, 6.07) is 0. The molecule has 0 aliphatic rings. The predicted octanol–water partition coefficient (Wildman–Crippen LogP) is 4.06. The number of hydrogen-bond acceptors (Lipinski definition) is 1. The van der Waals surface area contributed by atoms with Crippen LogP contribution in [0.5, 0.6) is 0 Å². The van der Waals surface area contributed by atoms with Gasteiger partial charge in [-0.25, -0.2) is 0 Å². The Bertz CT molecular complexity index is 122. The van der Waals surface area contributed by atoms with E-state index < -0.39 is 0 Å². The van der Waals surface area contributed by atoms with Gasteiger partial charge in [0.25, 0.3) is 0 Å². The first kappa shape index (κ1) is 15.2. The molecule has 0 fully saturated rings. The van der Waals surface area contributed by atoms with Gasteiger partial charge in [0.05, 0.1) is 0 Å². The quantitative estimate of drug-likeness (QED) is 0.562. The van der Waals surface area contributed by atoms with Crippen LogP contribution in [-0.2, 0) is 0 Å². The lowest BCUT2D eigenvalue weighted by Gasteiger charge is -2.17. The van der Waals surface area contributed by atoms with Crippen LogP contribution in [0.25, 0.3) is 0 Å². The summed E-state index contributed by atoms with van der Waals surface area (Å²) < 4.78 is 0. The first-order chi connectivity index (χ1) is 7.24. The lowest BCUT2D eigenvalue weighted by atomic mass is 10.00. The Morgan fingerprint density at radius 3 is 2.20 bits per heavy atom. The van der Waals surface area contributed by atoms with E-state index in [1.807, 2.05) is 0 Å². The number of hydrogen-bond donors (Lipinski definition) is 1. The third kappa shape index (κ3) is 9.19. The minimum absolute atomic E-state index is 0.779. The molecule has 0 aromatic heterocycles. The Labute approximate surface area is 101 Å². The SMILES string of the molecule is CCCC(C)CNCC(CCC)CCCl. The van der Waals surface area contributed by atoms with Gasteiger partial charge in [0.1, 0.15) is 0 Å². The van der Waals surface area contributed by atoms with E-state index in [-0.39, 0.29) is 0 Å². The van der Waals surface area contributed by atoms with Crippen LogP contribution in [-0.4, -0.2) is 19.0 Å². The molecule has 1 N–H and O–H groups in total. The van der Waals surface area contributed by atoms with Crippen molar-refractivity contribution in [3.63, 3.8) is 0 Å². The van der Waals surface area contributed by atoms with Gasteiger partial charge in [-0.1, -0.05) is 33.6 Å². The minimum atomic E-state index is 0.779. The molecule has 0 rings (SSSR count). The van der Waals surface area contributed by atoms with Crippen LogP contribution in [0.3, 0.4) is 0 Å². The van der Waals surface area contributed by atoms with Gasteiger partial charge < -0.3 is 5.32 Å². The van der Waals surface area contributed by atoms with Crippen LogP contribution < -0.4 is 5.32 Å². The topological polar surface area (TPSA) is 12.0 Å². The summed E-state index contributed by atoms with van der Waals surface area (Å²) in [7, 11) is 0. The molecule has 0 saturated heterocycles. The largest absolute Gasteiger partial charge is 0.316 e. The summed E-state index contributed by atoms with van der Waals surface area (Å²) in [5.41, 5.74) is 0. The van der Waals surface area contributed by atoms with E-state index in [0.29, 0.717) is 0 Å². The van der Waals surface area contributed by atoms with E-state index >= 15 is 0 Å². The van der Waals surface area contributed by atoms with Crippen molar-refractivity contribution in [3.8, 4) is 0 Å². The van der Waals surface area contributed by atoms with Crippen LogP contribution in [0.2, 0.25) is 0 Å². The fourth-order valence-corrected chi connectivity index (χ4v) is 2.35. The Hall–Kier alpha value is 0.250. The summed E-state index contributed by atoms with van der Waals surface area (Å²) in [5.74, 6) is 2.39. The van der Waals surface area contributed by atoms with E-state index in [1.54, 1.807) is 0 Å². The fraction of sp³-hybridized carbons (Fsp3) is 1.00. The molecule has 0 bridgehead atoms. The zero-order valence-corrected chi connectivity index (χ0v) is 11.4. The lowest BCUT2D eigenvalue weighted by Crippen LogP contribution is -2.27. The standard InChI is InChI=1S/C13H28ClN/c1-4-6-12(3)10-15-11-13(7-5-2)8-9-14/h12-13,15H,4-11H2,1-3H3. The second kappa shape index (κ2) is 10.8. The molecular formula is C13H28ClN. The highest BCUT2D eigenvalue weighted by molar-refractivity contribution is 6.17. The number of nitrogens with one attached hydrogen (secondary N) is 1. The molecule has 2 unspecified atom stereocenters. The van der Waals surface area contributed by atoms with Crippen LogP contribution in [0.15, 0.2) is 0 Å². The van der Waals surface area contributed by atoms with Crippen LogP contribution in [0.1, 0.15) is 52.9 Å². The number of rotatable bonds is 10. The molecule has 0 aliphatic carbocycles. The van der Waals surface area contributed by atoms with Crippen molar-refractivity contribution in [1.82, 2.24) is 5.32 Å². The highest BCUT2D eigenvalue weighted by Crippen LogP contribution is 2.11. The van der Waals surface area contributed by atoms with E-state index in [1.165, 1.54) is 25.7 Å². The molecule has 92 valence electrons. The van der Waals surface area contributed by atoms with Crippen LogP contribution in [0, 0.1) is 11.8 Å². The molecule has 0 radical (unpaired) electrons. The minimum Gasteiger partial charge on any atom is -0.316 e. The normalized spacial score (nSPS) is 15.2. The van der Waals surface area contributed by atoms with Crippen molar-refractivity contribution < 1.29 is 0 Å². The van der Waals surface area contributed by atoms with E-state index in [9.17, 15) is 0 Å². The maximum absolute atomic E-state index is 5.80. The zero-order valence-electron chi connectivity index (χ0n) is 10.7. The molecule has 0 saturated carbocycles. The first-order valence-electron chi connectivity index (χ1n) is 6.51. The molecule has 2 atom stereocenters. The third-order valence-corrected chi connectivity index (χ3v) is 3.14. The van der Waals surface area contributed by atoms with Gasteiger partial charge in [0.2, 0.25) is 0 Å². The van der Waals surface area contributed by atoms with Crippen molar-refractivity contribution in [2.24, 2.45) is 11.8 Å². The Kier molecular flexibility index (Phi) is 10.9. The van der Waals surface area contributed by atoms with E-state index in [2.05, 4.69) is 26.1 Å². The van der Waals surface area contributed by atoms with Gasteiger partial charge in [-0.2, -0.15) is 0 Å². The molecule has 0 spiro atoms. The van der Waals surface area contributed by atoms with Gasteiger partial charge in [0, 0.05) is 5.88 Å². The summed E-state index contributed by atoms with van der Waals surface area (Å²) in [4.78, 5) is 0. The van der Waals surface area contributed by atoms with Gasteiger partial charge in [0.15, 0.2) is 0 Å². The van der Waals surface area contributed by atoms with Gasteiger partial charge in [-0.3, -0.25) is 0 Å².